The molecule has 5 atom stereocenters. The van der Waals surface area contributed by atoms with Gasteiger partial charge < -0.3 is 36.9 Å². The molecule has 0 fully saturated rings. The molecule has 0 aliphatic rings. The monoisotopic (exact) mass is 510 g/mol. The van der Waals surface area contributed by atoms with Gasteiger partial charge in [-0.25, -0.2) is 9.78 Å². The van der Waals surface area contributed by atoms with Gasteiger partial charge >= 0.3 is 11.9 Å². The number of carbonyl (C=O) groups is 5. The minimum atomic E-state index is -1.36. The molecule has 1 heterocycles. The second-order valence-electron chi connectivity index (χ2n) is 9.27. The van der Waals surface area contributed by atoms with Gasteiger partial charge in [0.1, 0.15) is 18.1 Å². The largest absolute Gasteiger partial charge is 0.481 e. The number of H-pyrrole nitrogens is 1. The van der Waals surface area contributed by atoms with Gasteiger partial charge in [-0.15, -0.1) is 0 Å². The third-order valence-corrected chi connectivity index (χ3v) is 5.72. The zero-order valence-electron chi connectivity index (χ0n) is 21.1. The standard InChI is InChI=1S/C23H38N6O7/c1-5-13(4)19(29-20(32)15(24)8-12(2)3)22(34)27-16(6-7-18(30)31)21(33)28-17(23(35)36)9-14-10-25-11-26-14/h10-13,15-17,19H,5-9,24H2,1-4H3,(H,25,26)(H,27,34)(H,28,33)(H,29,32)(H,30,31)(H,35,36)/t13-,15-,16-,17-,19-/m0/s1. The number of nitrogens with two attached hydrogens (primary N) is 1. The molecule has 0 aromatic carbocycles. The van der Waals surface area contributed by atoms with E-state index in [1.54, 1.807) is 6.92 Å². The lowest BCUT2D eigenvalue weighted by Crippen LogP contribution is -2.58. The van der Waals surface area contributed by atoms with Crippen molar-refractivity contribution < 1.29 is 34.2 Å². The van der Waals surface area contributed by atoms with Crippen LogP contribution in [-0.2, 0) is 30.4 Å². The van der Waals surface area contributed by atoms with Crippen molar-refractivity contribution in [1.82, 2.24) is 25.9 Å². The van der Waals surface area contributed by atoms with Gasteiger partial charge in [-0.3, -0.25) is 19.2 Å². The molecule has 0 saturated heterocycles. The van der Waals surface area contributed by atoms with Gasteiger partial charge in [0.05, 0.1) is 18.1 Å². The zero-order valence-corrected chi connectivity index (χ0v) is 21.1. The van der Waals surface area contributed by atoms with Crippen LogP contribution in [0.25, 0.3) is 0 Å². The molecule has 0 radical (unpaired) electrons. The molecule has 0 aliphatic heterocycles. The highest BCUT2D eigenvalue weighted by molar-refractivity contribution is 5.94. The van der Waals surface area contributed by atoms with E-state index in [9.17, 15) is 29.1 Å². The first-order chi connectivity index (χ1) is 16.8. The summed E-state index contributed by atoms with van der Waals surface area (Å²) in [6.07, 6.45) is 2.93. The van der Waals surface area contributed by atoms with Gasteiger partial charge in [0.25, 0.3) is 0 Å². The van der Waals surface area contributed by atoms with E-state index in [4.69, 9.17) is 10.8 Å². The van der Waals surface area contributed by atoms with Crippen LogP contribution in [0.4, 0.5) is 0 Å². The fourth-order valence-corrected chi connectivity index (χ4v) is 3.46. The first-order valence-corrected chi connectivity index (χ1v) is 11.9. The summed E-state index contributed by atoms with van der Waals surface area (Å²) in [6.45, 7) is 7.39. The number of nitrogens with zero attached hydrogens (tertiary/aromatic N) is 1. The van der Waals surface area contributed by atoms with Crippen LogP contribution < -0.4 is 21.7 Å². The number of amides is 3. The molecule has 0 saturated carbocycles. The van der Waals surface area contributed by atoms with E-state index in [1.165, 1.54) is 12.5 Å². The van der Waals surface area contributed by atoms with Gasteiger partial charge in [0, 0.05) is 19.0 Å². The van der Waals surface area contributed by atoms with Crippen LogP contribution in [0.15, 0.2) is 12.5 Å². The minimum absolute atomic E-state index is 0.122. The fourth-order valence-electron chi connectivity index (χ4n) is 3.46. The molecule has 0 spiro atoms. The number of aliphatic carboxylic acids is 2. The average molecular weight is 511 g/mol. The number of rotatable bonds is 16. The van der Waals surface area contributed by atoms with Crippen molar-refractivity contribution in [2.45, 2.75) is 84.0 Å². The molecule has 0 aliphatic carbocycles. The summed E-state index contributed by atoms with van der Waals surface area (Å²) >= 11 is 0. The van der Waals surface area contributed by atoms with Crippen LogP contribution in [0.5, 0.6) is 0 Å². The van der Waals surface area contributed by atoms with E-state index in [1.807, 2.05) is 20.8 Å². The van der Waals surface area contributed by atoms with Gasteiger partial charge in [-0.1, -0.05) is 34.1 Å². The van der Waals surface area contributed by atoms with Crippen LogP contribution in [0.3, 0.4) is 0 Å². The maximum absolute atomic E-state index is 13.1. The predicted molar refractivity (Wildman–Crippen MR) is 129 cm³/mol. The number of nitrogens with one attached hydrogen (secondary N) is 4. The summed E-state index contributed by atoms with van der Waals surface area (Å²) in [4.78, 5) is 68.1. The quantitative estimate of drug-likeness (QED) is 0.156. The van der Waals surface area contributed by atoms with Crippen LogP contribution >= 0.6 is 0 Å². The summed E-state index contributed by atoms with van der Waals surface area (Å²) in [5.74, 6) is -4.75. The third-order valence-electron chi connectivity index (χ3n) is 5.72. The maximum atomic E-state index is 13.1. The Morgan fingerprint density at radius 2 is 1.64 bits per heavy atom. The number of imidazole rings is 1. The molecule has 3 amide bonds. The summed E-state index contributed by atoms with van der Waals surface area (Å²) in [7, 11) is 0. The molecule has 8 N–H and O–H groups in total. The smallest absolute Gasteiger partial charge is 0.326 e. The normalized spacial score (nSPS) is 15.3. The number of carboxylic acids is 2. The summed E-state index contributed by atoms with van der Waals surface area (Å²) in [5.41, 5.74) is 6.34. The molecular formula is C23H38N6O7. The number of carbonyl (C=O) groups excluding carboxylic acids is 3. The lowest BCUT2D eigenvalue weighted by molar-refractivity contribution is -0.143. The Morgan fingerprint density at radius 3 is 2.14 bits per heavy atom. The molecule has 13 heteroatoms. The van der Waals surface area contributed by atoms with Crippen LogP contribution in [0.1, 0.15) is 59.1 Å². The topological polar surface area (TPSA) is 217 Å². The lowest BCUT2D eigenvalue weighted by Gasteiger charge is -2.28. The summed E-state index contributed by atoms with van der Waals surface area (Å²) < 4.78 is 0. The lowest BCUT2D eigenvalue weighted by atomic mass is 9.96. The van der Waals surface area contributed by atoms with Crippen LogP contribution in [0, 0.1) is 11.8 Å². The van der Waals surface area contributed by atoms with E-state index in [2.05, 4.69) is 25.9 Å². The molecular weight excluding hydrogens is 472 g/mol. The zero-order chi connectivity index (χ0) is 27.4. The summed E-state index contributed by atoms with van der Waals surface area (Å²) in [5, 5.41) is 26.1. The Hall–Kier alpha value is -3.48. The molecule has 202 valence electrons. The number of aromatic nitrogens is 2. The minimum Gasteiger partial charge on any atom is -0.481 e. The Morgan fingerprint density at radius 1 is 1.00 bits per heavy atom. The highest BCUT2D eigenvalue weighted by atomic mass is 16.4. The van der Waals surface area contributed by atoms with Gasteiger partial charge in [-0.2, -0.15) is 0 Å². The van der Waals surface area contributed by atoms with Crippen molar-refractivity contribution in [2.75, 3.05) is 0 Å². The molecule has 13 nitrogen and oxygen atoms in total. The van der Waals surface area contributed by atoms with Gasteiger partial charge in [0.2, 0.25) is 17.7 Å². The molecule has 36 heavy (non-hydrogen) atoms. The molecule has 0 unspecified atom stereocenters. The fraction of sp³-hybridized carbons (Fsp3) is 0.652. The van der Waals surface area contributed by atoms with Crippen LogP contribution in [-0.4, -0.2) is 74.0 Å². The number of hydrogen-bond donors (Lipinski definition) is 7. The summed E-state index contributed by atoms with van der Waals surface area (Å²) in [6, 6.07) is -4.56. The van der Waals surface area contributed by atoms with Crippen molar-refractivity contribution in [3.63, 3.8) is 0 Å². The number of carboxylic acid groups (broad SMARTS) is 2. The Balaban J connectivity index is 3.03. The highest BCUT2D eigenvalue weighted by Crippen LogP contribution is 2.11. The van der Waals surface area contributed by atoms with Crippen molar-refractivity contribution >= 4 is 29.7 Å². The maximum Gasteiger partial charge on any atom is 0.326 e. The van der Waals surface area contributed by atoms with E-state index in [-0.39, 0.29) is 24.7 Å². The van der Waals surface area contributed by atoms with E-state index in [0.717, 1.165) is 0 Å². The van der Waals surface area contributed by atoms with Gasteiger partial charge in [0.15, 0.2) is 0 Å². The molecule has 1 aromatic heterocycles. The molecule has 0 bridgehead atoms. The Labute approximate surface area is 210 Å². The van der Waals surface area contributed by atoms with Crippen molar-refractivity contribution in [3.8, 4) is 0 Å². The number of hydrogen-bond acceptors (Lipinski definition) is 7. The number of aromatic amines is 1. The Bertz CT molecular complexity index is 890. The van der Waals surface area contributed by atoms with Gasteiger partial charge in [-0.05, 0) is 24.7 Å². The van der Waals surface area contributed by atoms with Crippen molar-refractivity contribution in [3.05, 3.63) is 18.2 Å². The average Bonchev–Trinajstić information content (AvgIpc) is 3.31. The van der Waals surface area contributed by atoms with Crippen LogP contribution in [0.2, 0.25) is 0 Å². The highest BCUT2D eigenvalue weighted by Gasteiger charge is 2.33. The van der Waals surface area contributed by atoms with E-state index >= 15 is 0 Å². The molecule has 1 aromatic rings. The molecule has 1 rings (SSSR count). The second kappa shape index (κ2) is 14.8. The van der Waals surface area contributed by atoms with E-state index in [0.29, 0.717) is 18.5 Å². The van der Waals surface area contributed by atoms with Crippen molar-refractivity contribution in [1.29, 1.82) is 0 Å². The predicted octanol–water partition coefficient (Wildman–Crippen LogP) is -0.224. The SMILES string of the molecule is CC[C@H](C)[C@H](NC(=O)[C@@H](N)CC(C)C)C(=O)N[C@@H](CCC(=O)O)C(=O)N[C@@H](Cc1c[nH]cn1)C(=O)O. The second-order valence-corrected chi connectivity index (χ2v) is 9.27. The first kappa shape index (κ1) is 30.6. The Kier molecular flexibility index (Phi) is 12.6. The van der Waals surface area contributed by atoms with Crippen molar-refractivity contribution in [2.24, 2.45) is 17.6 Å². The third kappa shape index (κ3) is 10.4. The van der Waals surface area contributed by atoms with E-state index < -0.39 is 60.2 Å². The first-order valence-electron chi connectivity index (χ1n) is 11.9.